The smallest absolute Gasteiger partial charge is 0.234 e. The zero-order valence-electron chi connectivity index (χ0n) is 17.5. The molecule has 0 atom stereocenters. The van der Waals surface area contributed by atoms with Gasteiger partial charge in [-0.05, 0) is 57.1 Å². The lowest BCUT2D eigenvalue weighted by atomic mass is 10.1. The topological polar surface area (TPSA) is 80.1 Å². The minimum Gasteiger partial charge on any atom is -0.325 e. The van der Waals surface area contributed by atoms with Crippen LogP contribution in [0.4, 0.5) is 5.69 Å². The SMILES string of the molecule is CC(=O)c1cccc(NC(=O)CSc2nnc(CN3CCCC3)n2-c2ccccc2)c1. The number of rotatable bonds is 8. The van der Waals surface area contributed by atoms with Crippen molar-refractivity contribution in [1.82, 2.24) is 19.7 Å². The molecule has 0 spiro atoms. The van der Waals surface area contributed by atoms with Crippen molar-refractivity contribution in [3.8, 4) is 5.69 Å². The zero-order valence-corrected chi connectivity index (χ0v) is 18.3. The molecular formula is C23H25N5O2S. The van der Waals surface area contributed by atoms with Crippen molar-refractivity contribution >= 4 is 29.1 Å². The van der Waals surface area contributed by atoms with Crippen LogP contribution < -0.4 is 5.32 Å². The molecule has 7 nitrogen and oxygen atoms in total. The molecule has 0 unspecified atom stereocenters. The van der Waals surface area contributed by atoms with Gasteiger partial charge in [-0.3, -0.25) is 19.1 Å². The normalized spacial score (nSPS) is 14.0. The van der Waals surface area contributed by atoms with Crippen molar-refractivity contribution in [2.75, 3.05) is 24.2 Å². The van der Waals surface area contributed by atoms with Gasteiger partial charge in [0.05, 0.1) is 12.3 Å². The number of carbonyl (C=O) groups excluding carboxylic acids is 2. The lowest BCUT2D eigenvalue weighted by Gasteiger charge is -2.16. The first-order valence-corrected chi connectivity index (χ1v) is 11.3. The number of hydrogen-bond acceptors (Lipinski definition) is 6. The minimum atomic E-state index is -0.158. The lowest BCUT2D eigenvalue weighted by Crippen LogP contribution is -2.21. The average molecular weight is 436 g/mol. The first kappa shape index (κ1) is 21.3. The Balaban J connectivity index is 1.47. The highest BCUT2D eigenvalue weighted by Crippen LogP contribution is 2.24. The van der Waals surface area contributed by atoms with E-state index < -0.39 is 0 Å². The minimum absolute atomic E-state index is 0.0352. The number of thioether (sulfide) groups is 1. The summed E-state index contributed by atoms with van der Waals surface area (Å²) in [5.41, 5.74) is 2.16. The summed E-state index contributed by atoms with van der Waals surface area (Å²) in [6, 6.07) is 16.9. The first-order chi connectivity index (χ1) is 15.1. The lowest BCUT2D eigenvalue weighted by molar-refractivity contribution is -0.113. The standard InChI is InChI=1S/C23H25N5O2S/c1-17(29)18-8-7-9-19(14-18)24-22(30)16-31-23-26-25-21(15-27-12-5-6-13-27)28(23)20-10-3-2-4-11-20/h2-4,7-11,14H,5-6,12-13,15-16H2,1H3,(H,24,30). The van der Waals surface area contributed by atoms with Crippen LogP contribution in [0.5, 0.6) is 0 Å². The van der Waals surface area contributed by atoms with Gasteiger partial charge in [-0.2, -0.15) is 0 Å². The molecule has 4 rings (SSSR count). The predicted octanol–water partition coefficient (Wildman–Crippen LogP) is 3.80. The average Bonchev–Trinajstić information content (AvgIpc) is 3.43. The number of benzene rings is 2. The third-order valence-electron chi connectivity index (χ3n) is 5.16. The van der Waals surface area contributed by atoms with Crippen LogP contribution >= 0.6 is 11.8 Å². The maximum atomic E-state index is 12.5. The van der Waals surface area contributed by atoms with Crippen LogP contribution in [0.25, 0.3) is 5.69 Å². The van der Waals surface area contributed by atoms with Crippen molar-refractivity contribution < 1.29 is 9.59 Å². The highest BCUT2D eigenvalue weighted by molar-refractivity contribution is 7.99. The number of likely N-dealkylation sites (tertiary alicyclic amines) is 1. The van der Waals surface area contributed by atoms with E-state index in [1.54, 1.807) is 24.3 Å². The van der Waals surface area contributed by atoms with Crippen molar-refractivity contribution in [2.24, 2.45) is 0 Å². The molecule has 1 aromatic heterocycles. The molecule has 1 aliphatic heterocycles. The van der Waals surface area contributed by atoms with E-state index in [-0.39, 0.29) is 17.4 Å². The molecular weight excluding hydrogens is 410 g/mol. The van der Waals surface area contributed by atoms with Crippen LogP contribution in [0.15, 0.2) is 59.8 Å². The second-order valence-corrected chi connectivity index (χ2v) is 8.47. The molecule has 2 heterocycles. The van der Waals surface area contributed by atoms with Crippen molar-refractivity contribution in [1.29, 1.82) is 0 Å². The number of amides is 1. The van der Waals surface area contributed by atoms with Crippen molar-refractivity contribution in [3.63, 3.8) is 0 Å². The van der Waals surface area contributed by atoms with E-state index >= 15 is 0 Å². The summed E-state index contributed by atoms with van der Waals surface area (Å²) in [6.07, 6.45) is 2.43. The third kappa shape index (κ3) is 5.39. The summed E-state index contributed by atoms with van der Waals surface area (Å²) >= 11 is 1.35. The Labute approximate surface area is 185 Å². The maximum absolute atomic E-state index is 12.5. The fourth-order valence-corrected chi connectivity index (χ4v) is 4.39. The van der Waals surface area contributed by atoms with Gasteiger partial charge in [-0.25, -0.2) is 0 Å². The van der Waals surface area contributed by atoms with E-state index in [2.05, 4.69) is 20.4 Å². The molecule has 1 fully saturated rings. The second kappa shape index (κ2) is 9.89. The fraction of sp³-hybridized carbons (Fsp3) is 0.304. The monoisotopic (exact) mass is 435 g/mol. The zero-order chi connectivity index (χ0) is 21.6. The number of Topliss-reactive ketones (excluding diaryl/α,β-unsaturated/α-hetero) is 1. The summed E-state index contributed by atoms with van der Waals surface area (Å²) in [6.45, 7) is 4.40. The van der Waals surface area contributed by atoms with Crippen LogP contribution in [0.1, 0.15) is 35.9 Å². The van der Waals surface area contributed by atoms with Gasteiger partial charge in [0.25, 0.3) is 0 Å². The van der Waals surface area contributed by atoms with Crippen LogP contribution in [0, 0.1) is 0 Å². The van der Waals surface area contributed by atoms with Gasteiger partial charge in [-0.1, -0.05) is 42.1 Å². The number of anilines is 1. The molecule has 1 aliphatic rings. The molecule has 160 valence electrons. The van der Waals surface area contributed by atoms with Gasteiger partial charge >= 0.3 is 0 Å². The van der Waals surface area contributed by atoms with Gasteiger partial charge in [0.15, 0.2) is 16.8 Å². The molecule has 1 amide bonds. The largest absolute Gasteiger partial charge is 0.325 e. The fourth-order valence-electron chi connectivity index (χ4n) is 3.62. The number of ketones is 1. The Bertz CT molecular complexity index is 1060. The third-order valence-corrected chi connectivity index (χ3v) is 6.09. The Morgan fingerprint density at radius 2 is 1.81 bits per heavy atom. The van der Waals surface area contributed by atoms with Gasteiger partial charge in [0.2, 0.25) is 5.91 Å². The molecule has 0 saturated carbocycles. The number of aromatic nitrogens is 3. The van der Waals surface area contributed by atoms with Crippen LogP contribution in [-0.4, -0.2) is 50.2 Å². The van der Waals surface area contributed by atoms with Crippen molar-refractivity contribution in [2.45, 2.75) is 31.5 Å². The molecule has 3 aromatic rings. The predicted molar refractivity (Wildman–Crippen MR) is 122 cm³/mol. The quantitative estimate of drug-likeness (QED) is 0.428. The second-order valence-electron chi connectivity index (χ2n) is 7.53. The number of hydrogen-bond donors (Lipinski definition) is 1. The maximum Gasteiger partial charge on any atom is 0.234 e. The molecule has 1 N–H and O–H groups in total. The molecule has 0 radical (unpaired) electrons. The number of nitrogens with zero attached hydrogens (tertiary/aromatic N) is 4. The van der Waals surface area contributed by atoms with Crippen LogP contribution in [0.2, 0.25) is 0 Å². The molecule has 0 aliphatic carbocycles. The Kier molecular flexibility index (Phi) is 6.79. The molecule has 2 aromatic carbocycles. The summed E-state index contributed by atoms with van der Waals surface area (Å²) in [7, 11) is 0. The summed E-state index contributed by atoms with van der Waals surface area (Å²) < 4.78 is 2.03. The van der Waals surface area contributed by atoms with Gasteiger partial charge in [-0.15, -0.1) is 10.2 Å². The van der Waals surface area contributed by atoms with Crippen LogP contribution in [0.3, 0.4) is 0 Å². The van der Waals surface area contributed by atoms with E-state index in [1.807, 2.05) is 34.9 Å². The highest BCUT2D eigenvalue weighted by Gasteiger charge is 2.20. The molecule has 8 heteroatoms. The van der Waals surface area contributed by atoms with Crippen molar-refractivity contribution in [3.05, 3.63) is 66.0 Å². The summed E-state index contributed by atoms with van der Waals surface area (Å²) in [5.74, 6) is 0.880. The Hall–Kier alpha value is -2.97. The summed E-state index contributed by atoms with van der Waals surface area (Å²) in [4.78, 5) is 26.5. The van der Waals surface area contributed by atoms with Gasteiger partial charge < -0.3 is 5.32 Å². The highest BCUT2D eigenvalue weighted by atomic mass is 32.2. The van der Waals surface area contributed by atoms with Crippen LogP contribution in [-0.2, 0) is 11.3 Å². The number of nitrogens with one attached hydrogen (secondary N) is 1. The Morgan fingerprint density at radius 3 is 2.55 bits per heavy atom. The van der Waals surface area contributed by atoms with E-state index in [4.69, 9.17) is 0 Å². The van der Waals surface area contributed by atoms with E-state index in [1.165, 1.54) is 31.5 Å². The molecule has 1 saturated heterocycles. The number of para-hydroxylation sites is 1. The summed E-state index contributed by atoms with van der Waals surface area (Å²) in [5, 5.41) is 12.3. The number of carbonyl (C=O) groups is 2. The Morgan fingerprint density at radius 1 is 1.03 bits per heavy atom. The molecule has 31 heavy (non-hydrogen) atoms. The van der Waals surface area contributed by atoms with Gasteiger partial charge in [0.1, 0.15) is 0 Å². The first-order valence-electron chi connectivity index (χ1n) is 10.4. The van der Waals surface area contributed by atoms with E-state index in [0.717, 1.165) is 31.1 Å². The van der Waals surface area contributed by atoms with E-state index in [0.29, 0.717) is 16.4 Å². The van der Waals surface area contributed by atoms with Gasteiger partial charge in [0, 0.05) is 16.9 Å². The van der Waals surface area contributed by atoms with E-state index in [9.17, 15) is 9.59 Å². The molecule has 0 bridgehead atoms.